The summed E-state index contributed by atoms with van der Waals surface area (Å²) in [4.78, 5) is 38.7. The zero-order valence-corrected chi connectivity index (χ0v) is 22.8. The number of carbonyl (C=O) groups excluding carboxylic acids is 2. The predicted octanol–water partition coefficient (Wildman–Crippen LogP) is 5.56. The largest absolute Gasteiger partial charge is 0.481 e. The number of carboxylic acid groups (broad SMARTS) is 1. The number of aliphatic carboxylic acids is 1. The second-order valence-electron chi connectivity index (χ2n) is 9.64. The van der Waals surface area contributed by atoms with Gasteiger partial charge in [-0.05, 0) is 43.4 Å². The molecule has 1 aliphatic rings. The van der Waals surface area contributed by atoms with E-state index in [1.54, 1.807) is 0 Å². The van der Waals surface area contributed by atoms with Gasteiger partial charge in [0.2, 0.25) is 0 Å². The van der Waals surface area contributed by atoms with Crippen LogP contribution in [0.1, 0.15) is 63.7 Å². The molecule has 1 aromatic carbocycles. The summed E-state index contributed by atoms with van der Waals surface area (Å²) in [5.41, 5.74) is -2.71. The highest BCUT2D eigenvalue weighted by Gasteiger charge is 2.43. The van der Waals surface area contributed by atoms with Crippen LogP contribution < -0.4 is 0 Å². The molecule has 0 atom stereocenters. The number of halogens is 7. The minimum atomic E-state index is -5.07. The number of alkyl halides is 3. The lowest BCUT2D eigenvalue weighted by Gasteiger charge is -2.28. The number of nitrogens with zero attached hydrogens (tertiary/aromatic N) is 5. The zero-order valence-electron chi connectivity index (χ0n) is 21.3. The Morgan fingerprint density at radius 3 is 2.20 bits per heavy atom. The van der Waals surface area contributed by atoms with Crippen molar-refractivity contribution < 1.29 is 41.4 Å². The van der Waals surface area contributed by atoms with E-state index in [4.69, 9.17) is 23.2 Å². The molecule has 9 nitrogen and oxygen atoms in total. The van der Waals surface area contributed by atoms with E-state index in [9.17, 15) is 41.4 Å². The van der Waals surface area contributed by atoms with Gasteiger partial charge in [0.05, 0.1) is 35.8 Å². The number of Topliss-reactive ketones (excluding diaryl/α,β-unsaturated/α-hetero) is 1. The average Bonchev–Trinajstić information content (AvgIpc) is 3.43. The lowest BCUT2D eigenvalue weighted by Crippen LogP contribution is -2.37. The first-order chi connectivity index (χ1) is 19.2. The summed E-state index contributed by atoms with van der Waals surface area (Å²) in [6.45, 7) is -1.52. The van der Waals surface area contributed by atoms with Crippen molar-refractivity contribution in [3.05, 3.63) is 68.7 Å². The van der Waals surface area contributed by atoms with E-state index < -0.39 is 71.8 Å². The molecule has 1 fully saturated rings. The summed E-state index contributed by atoms with van der Waals surface area (Å²) in [6, 6.07) is 1.48. The monoisotopic (exact) mass is 621 g/mol. The van der Waals surface area contributed by atoms with Crippen molar-refractivity contribution in [3.63, 3.8) is 0 Å². The van der Waals surface area contributed by atoms with Gasteiger partial charge in [0.1, 0.15) is 16.8 Å². The van der Waals surface area contributed by atoms with E-state index >= 15 is 0 Å². The summed E-state index contributed by atoms with van der Waals surface area (Å²) in [5.74, 6) is -5.92. The number of ketones is 1. The number of hydrogen-bond donors (Lipinski definition) is 1. The highest BCUT2D eigenvalue weighted by Crippen LogP contribution is 2.39. The number of carbonyl (C=O) groups is 3. The first-order valence-electron chi connectivity index (χ1n) is 12.2. The molecule has 2 aromatic heterocycles. The topological polar surface area (TPSA) is 110 Å². The number of benzene rings is 1. The first kappa shape index (κ1) is 30.4. The van der Waals surface area contributed by atoms with Crippen molar-refractivity contribution in [2.75, 3.05) is 6.54 Å². The minimum absolute atomic E-state index is 0.0815. The van der Waals surface area contributed by atoms with Gasteiger partial charge in [0.15, 0.2) is 16.6 Å². The van der Waals surface area contributed by atoms with Crippen molar-refractivity contribution in [1.29, 1.82) is 0 Å². The van der Waals surface area contributed by atoms with Gasteiger partial charge in [0.25, 0.3) is 5.91 Å². The van der Waals surface area contributed by atoms with Crippen molar-refractivity contribution >= 4 is 40.9 Å². The number of amides is 1. The Morgan fingerprint density at radius 2 is 1.68 bits per heavy atom. The lowest BCUT2D eigenvalue weighted by molar-refractivity contribution is -0.147. The lowest BCUT2D eigenvalue weighted by atomic mass is 9.86. The van der Waals surface area contributed by atoms with Crippen molar-refractivity contribution in [2.45, 2.75) is 44.4 Å². The molecule has 0 saturated heterocycles. The summed E-state index contributed by atoms with van der Waals surface area (Å²) in [6.07, 6.45) is -3.95. The van der Waals surface area contributed by atoms with Gasteiger partial charge in [0, 0.05) is 19.7 Å². The van der Waals surface area contributed by atoms with Crippen LogP contribution in [0, 0.1) is 17.6 Å². The fourth-order valence-electron chi connectivity index (χ4n) is 4.89. The Labute approximate surface area is 239 Å². The van der Waals surface area contributed by atoms with Crippen LogP contribution in [0.3, 0.4) is 0 Å². The smallest absolute Gasteiger partial charge is 0.433 e. The third-order valence-corrected chi connectivity index (χ3v) is 7.52. The third-order valence-electron chi connectivity index (χ3n) is 6.82. The molecule has 0 radical (unpaired) electrons. The molecule has 0 spiro atoms. The number of rotatable bonds is 8. The van der Waals surface area contributed by atoms with E-state index in [1.807, 2.05) is 0 Å². The van der Waals surface area contributed by atoms with Crippen molar-refractivity contribution in [2.24, 2.45) is 13.0 Å². The molecule has 0 unspecified atom stereocenters. The maximum Gasteiger partial charge on any atom is 0.433 e. The number of carboxylic acids is 1. The van der Waals surface area contributed by atoms with Crippen LogP contribution >= 0.6 is 23.2 Å². The zero-order chi connectivity index (χ0) is 30.2. The van der Waals surface area contributed by atoms with Crippen molar-refractivity contribution in [1.82, 2.24) is 24.5 Å². The van der Waals surface area contributed by atoms with Crippen LogP contribution in [0.2, 0.25) is 10.3 Å². The first-order valence-corrected chi connectivity index (χ1v) is 13.0. The molecule has 1 aliphatic carbocycles. The third kappa shape index (κ3) is 6.53. The SMILES string of the molecule is Cn1nc(Cl)c(C(=O)CN(Cc2cc(F)cc(F)c2)C(=O)c2cnn([C@H]3CC[C@H](C(=O)O)CC3)c2C(F)(F)F)c1Cl. The number of hydrogen-bond acceptors (Lipinski definition) is 5. The molecule has 4 rings (SSSR count). The van der Waals surface area contributed by atoms with Gasteiger partial charge in [-0.2, -0.15) is 23.4 Å². The second-order valence-corrected chi connectivity index (χ2v) is 10.4. The molecular weight excluding hydrogens is 600 g/mol. The Kier molecular flexibility index (Phi) is 8.73. The normalized spacial score (nSPS) is 17.5. The van der Waals surface area contributed by atoms with Gasteiger partial charge >= 0.3 is 12.1 Å². The van der Waals surface area contributed by atoms with Crippen LogP contribution in [0.25, 0.3) is 0 Å². The fraction of sp³-hybridized carbons (Fsp3) is 0.400. The van der Waals surface area contributed by atoms with E-state index in [0.29, 0.717) is 21.8 Å². The molecule has 1 amide bonds. The van der Waals surface area contributed by atoms with Crippen LogP contribution in [0.4, 0.5) is 22.0 Å². The molecule has 1 saturated carbocycles. The van der Waals surface area contributed by atoms with Gasteiger partial charge < -0.3 is 10.0 Å². The molecule has 1 N–H and O–H groups in total. The number of aromatic nitrogens is 4. The average molecular weight is 622 g/mol. The van der Waals surface area contributed by atoms with E-state index in [2.05, 4.69) is 10.2 Å². The van der Waals surface area contributed by atoms with E-state index in [-0.39, 0.29) is 47.1 Å². The van der Waals surface area contributed by atoms with Gasteiger partial charge in [-0.25, -0.2) is 8.78 Å². The Morgan fingerprint density at radius 1 is 1.07 bits per heavy atom. The molecule has 16 heteroatoms. The molecule has 0 aliphatic heterocycles. The van der Waals surface area contributed by atoms with Crippen LogP contribution in [-0.4, -0.2) is 53.8 Å². The molecule has 41 heavy (non-hydrogen) atoms. The molecule has 3 aromatic rings. The Hall–Kier alpha value is -3.52. The second kappa shape index (κ2) is 11.8. The Balaban J connectivity index is 1.72. The quantitative estimate of drug-likeness (QED) is 0.260. The van der Waals surface area contributed by atoms with Gasteiger partial charge in [-0.15, -0.1) is 0 Å². The van der Waals surface area contributed by atoms with Crippen molar-refractivity contribution in [3.8, 4) is 0 Å². The molecule has 220 valence electrons. The fourth-order valence-corrected chi connectivity index (χ4v) is 5.48. The van der Waals surface area contributed by atoms with Crippen LogP contribution in [0.5, 0.6) is 0 Å². The van der Waals surface area contributed by atoms with Crippen LogP contribution in [-0.2, 0) is 24.6 Å². The summed E-state index contributed by atoms with van der Waals surface area (Å²) in [7, 11) is 1.39. The highest BCUT2D eigenvalue weighted by molar-refractivity contribution is 6.39. The van der Waals surface area contributed by atoms with Gasteiger partial charge in [-0.1, -0.05) is 23.2 Å². The van der Waals surface area contributed by atoms with Gasteiger partial charge in [-0.3, -0.25) is 23.7 Å². The predicted molar refractivity (Wildman–Crippen MR) is 135 cm³/mol. The molecule has 0 bridgehead atoms. The maximum atomic E-state index is 14.4. The summed E-state index contributed by atoms with van der Waals surface area (Å²) >= 11 is 12.1. The van der Waals surface area contributed by atoms with Crippen LogP contribution in [0.15, 0.2) is 24.4 Å². The standard InChI is InChI=1S/C25H22Cl2F5N5O4/c1-35-22(27)19(21(26)34-35)18(38)11-36(10-12-6-14(28)8-15(29)7-12)23(39)17-9-33-37(20(17)25(30,31)32)16-4-2-13(3-5-16)24(40)41/h6-9,13,16H,2-5,10-11H2,1H3,(H,40,41)/t13-,16-. The number of aryl methyl sites for hydroxylation is 1. The highest BCUT2D eigenvalue weighted by atomic mass is 35.5. The molecule has 2 heterocycles. The van der Waals surface area contributed by atoms with E-state index in [0.717, 1.165) is 16.8 Å². The van der Waals surface area contributed by atoms with E-state index in [1.165, 1.54) is 7.05 Å². The summed E-state index contributed by atoms with van der Waals surface area (Å²) in [5, 5.41) is 16.3. The summed E-state index contributed by atoms with van der Waals surface area (Å²) < 4.78 is 72.6. The maximum absolute atomic E-state index is 14.4. The Bertz CT molecular complexity index is 1480. The molecular formula is C25H22Cl2F5N5O4. The minimum Gasteiger partial charge on any atom is -0.481 e.